The zero-order chi connectivity index (χ0) is 29.4. The number of aliphatic hydroxyl groups is 1. The van der Waals surface area contributed by atoms with Gasteiger partial charge in [-0.05, 0) is 36.1 Å². The molecule has 2 amide bonds. The van der Waals surface area contributed by atoms with E-state index >= 15 is 0 Å². The van der Waals surface area contributed by atoms with Crippen LogP contribution in [0.25, 0.3) is 0 Å². The number of benzene rings is 3. The van der Waals surface area contributed by atoms with Crippen molar-refractivity contribution < 1.29 is 29.0 Å². The molecule has 0 bridgehead atoms. The Kier molecular flexibility index (Phi) is 10.3. The van der Waals surface area contributed by atoms with Gasteiger partial charge in [-0.1, -0.05) is 91.0 Å². The summed E-state index contributed by atoms with van der Waals surface area (Å²) in [6, 6.07) is 26.7. The van der Waals surface area contributed by atoms with Crippen LogP contribution in [0, 0.1) is 0 Å². The first-order valence-corrected chi connectivity index (χ1v) is 13.8. The molecule has 41 heavy (non-hydrogen) atoms. The van der Waals surface area contributed by atoms with E-state index in [1.807, 2.05) is 91.0 Å². The molecule has 2 N–H and O–H groups in total. The second kappa shape index (κ2) is 14.1. The van der Waals surface area contributed by atoms with Crippen LogP contribution in [0.3, 0.4) is 0 Å². The fourth-order valence-corrected chi connectivity index (χ4v) is 4.64. The van der Waals surface area contributed by atoms with Gasteiger partial charge in [0.05, 0.1) is 25.0 Å². The third-order valence-corrected chi connectivity index (χ3v) is 6.90. The van der Waals surface area contributed by atoms with E-state index in [-0.39, 0.29) is 30.5 Å². The molecule has 0 radical (unpaired) electrons. The molecule has 8 nitrogen and oxygen atoms in total. The lowest BCUT2D eigenvalue weighted by atomic mass is 9.99. The molecule has 0 saturated carbocycles. The molecule has 1 aliphatic rings. The quantitative estimate of drug-likeness (QED) is 0.145. The van der Waals surface area contributed by atoms with Crippen LogP contribution in [0.4, 0.5) is 0 Å². The van der Waals surface area contributed by atoms with Gasteiger partial charge < -0.3 is 19.9 Å². The van der Waals surface area contributed by atoms with Crippen molar-refractivity contribution in [2.45, 2.75) is 44.7 Å². The maximum absolute atomic E-state index is 13.7. The number of likely N-dealkylation sites (tertiary alicyclic amines) is 1. The minimum Gasteiger partial charge on any atom is -0.448 e. The topological polar surface area (TPSA) is 105 Å². The largest absolute Gasteiger partial charge is 0.448 e. The number of halogens is 1. The molecule has 1 heterocycles. The van der Waals surface area contributed by atoms with Crippen molar-refractivity contribution in [3.05, 3.63) is 119 Å². The second-order valence-electron chi connectivity index (χ2n) is 9.90. The molecule has 0 spiro atoms. The first kappa shape index (κ1) is 30.0. The fourth-order valence-electron chi connectivity index (χ4n) is 4.56. The van der Waals surface area contributed by atoms with Gasteiger partial charge in [0.25, 0.3) is 5.91 Å². The normalized spacial score (nSPS) is 17.0. The van der Waals surface area contributed by atoms with Gasteiger partial charge in [-0.2, -0.15) is 0 Å². The highest BCUT2D eigenvalue weighted by Gasteiger charge is 2.53. The first-order valence-electron chi connectivity index (χ1n) is 13.3. The Morgan fingerprint density at radius 1 is 0.927 bits per heavy atom. The number of amides is 2. The number of rotatable bonds is 12. The Balaban J connectivity index is 1.58. The molecular formula is C32H33ClN2O6. The molecule has 3 unspecified atom stereocenters. The minimum absolute atomic E-state index is 0.00536. The zero-order valence-corrected chi connectivity index (χ0v) is 23.7. The smallest absolute Gasteiger partial charge is 0.356 e. The Labute approximate surface area is 244 Å². The van der Waals surface area contributed by atoms with E-state index in [9.17, 15) is 19.5 Å². The Hall–Kier alpha value is -3.98. The SMILES string of the molecule is CC(C)=C(C(=O)OC(c1ccccc1)c1ccccc1)N1C(=O)C(NC(=O)Cc2ccccc2)C1OCC(O)CCl. The molecule has 4 rings (SSSR count). The number of hydrogen-bond acceptors (Lipinski definition) is 6. The number of β-lactam (4-membered cyclic amide) rings is 1. The highest BCUT2D eigenvalue weighted by Crippen LogP contribution is 2.33. The van der Waals surface area contributed by atoms with Crippen molar-refractivity contribution in [1.82, 2.24) is 10.2 Å². The molecule has 0 aliphatic carbocycles. The lowest BCUT2D eigenvalue weighted by Gasteiger charge is -2.47. The third-order valence-electron chi connectivity index (χ3n) is 6.54. The van der Waals surface area contributed by atoms with E-state index in [1.165, 1.54) is 4.90 Å². The second-order valence-corrected chi connectivity index (χ2v) is 10.2. The van der Waals surface area contributed by atoms with Gasteiger partial charge in [0.1, 0.15) is 5.70 Å². The number of alkyl halides is 1. The lowest BCUT2D eigenvalue weighted by molar-refractivity contribution is -0.186. The first-order chi connectivity index (χ1) is 19.8. The summed E-state index contributed by atoms with van der Waals surface area (Å²) < 4.78 is 11.9. The molecule has 0 aromatic heterocycles. The maximum Gasteiger partial charge on any atom is 0.356 e. The zero-order valence-electron chi connectivity index (χ0n) is 22.9. The molecule has 9 heteroatoms. The van der Waals surface area contributed by atoms with E-state index in [2.05, 4.69) is 5.32 Å². The van der Waals surface area contributed by atoms with E-state index in [0.717, 1.165) is 16.7 Å². The molecule has 1 fully saturated rings. The Bertz CT molecular complexity index is 1320. The molecule has 1 aliphatic heterocycles. The number of carbonyl (C=O) groups excluding carboxylic acids is 3. The Morgan fingerprint density at radius 3 is 1.98 bits per heavy atom. The summed E-state index contributed by atoms with van der Waals surface area (Å²) in [5.41, 5.74) is 2.83. The van der Waals surface area contributed by atoms with Crippen LogP contribution in [0.1, 0.15) is 36.6 Å². The van der Waals surface area contributed by atoms with E-state index in [4.69, 9.17) is 21.1 Å². The predicted molar refractivity (Wildman–Crippen MR) is 155 cm³/mol. The molecule has 1 saturated heterocycles. The van der Waals surface area contributed by atoms with Crippen molar-refractivity contribution >= 4 is 29.4 Å². The van der Waals surface area contributed by atoms with Crippen LogP contribution in [-0.2, 0) is 30.3 Å². The van der Waals surface area contributed by atoms with E-state index in [1.54, 1.807) is 13.8 Å². The van der Waals surface area contributed by atoms with Crippen LogP contribution >= 0.6 is 11.6 Å². The van der Waals surface area contributed by atoms with Gasteiger partial charge in [0.15, 0.2) is 18.4 Å². The van der Waals surface area contributed by atoms with Crippen molar-refractivity contribution in [2.75, 3.05) is 12.5 Å². The molecule has 3 aromatic rings. The molecule has 214 valence electrons. The van der Waals surface area contributed by atoms with Crippen molar-refractivity contribution in [3.63, 3.8) is 0 Å². The average molecular weight is 577 g/mol. The summed E-state index contributed by atoms with van der Waals surface area (Å²) in [6.07, 6.45) is -2.72. The molecule has 3 aromatic carbocycles. The van der Waals surface area contributed by atoms with Gasteiger partial charge >= 0.3 is 5.97 Å². The lowest BCUT2D eigenvalue weighted by Crippen LogP contribution is -2.72. The standard InChI is InChI=1S/C32H33ClN2O6/c1-21(2)28(32(39)41-29(23-14-8-4-9-15-23)24-16-10-5-11-17-24)35-30(38)27(31(35)40-20-25(36)19-33)34-26(37)18-22-12-6-3-7-13-22/h3-17,25,27,29,31,36H,18-20H2,1-2H3,(H,34,37). The fraction of sp³-hybridized carbons (Fsp3) is 0.281. The van der Waals surface area contributed by atoms with Crippen LogP contribution in [-0.4, -0.2) is 58.7 Å². The van der Waals surface area contributed by atoms with Gasteiger partial charge in [0, 0.05) is 0 Å². The number of nitrogens with zero attached hydrogens (tertiary/aromatic N) is 1. The van der Waals surface area contributed by atoms with Gasteiger partial charge in [-0.25, -0.2) is 4.79 Å². The maximum atomic E-state index is 13.7. The van der Waals surface area contributed by atoms with Crippen molar-refractivity contribution in [3.8, 4) is 0 Å². The summed E-state index contributed by atoms with van der Waals surface area (Å²) in [6.45, 7) is 3.18. The highest BCUT2D eigenvalue weighted by molar-refractivity contribution is 6.18. The van der Waals surface area contributed by atoms with E-state index in [0.29, 0.717) is 5.57 Å². The van der Waals surface area contributed by atoms with E-state index < -0.39 is 36.4 Å². The average Bonchev–Trinajstić information content (AvgIpc) is 2.99. The number of carbonyl (C=O) groups is 3. The number of allylic oxidation sites excluding steroid dienone is 1. The number of nitrogens with one attached hydrogen (secondary N) is 1. The number of esters is 1. The van der Waals surface area contributed by atoms with Crippen molar-refractivity contribution in [2.24, 2.45) is 0 Å². The Morgan fingerprint density at radius 2 is 1.46 bits per heavy atom. The monoisotopic (exact) mass is 576 g/mol. The van der Waals surface area contributed by atoms with Gasteiger partial charge in [-0.3, -0.25) is 14.5 Å². The summed E-state index contributed by atoms with van der Waals surface area (Å²) in [5.74, 6) is -1.72. The van der Waals surface area contributed by atoms with Crippen molar-refractivity contribution in [1.29, 1.82) is 0 Å². The minimum atomic E-state index is -1.06. The number of aliphatic hydroxyl groups excluding tert-OH is 1. The molecule has 3 atom stereocenters. The number of ether oxygens (including phenoxy) is 2. The third kappa shape index (κ3) is 7.41. The summed E-state index contributed by atoms with van der Waals surface area (Å²) in [7, 11) is 0. The van der Waals surface area contributed by atoms with Crippen LogP contribution < -0.4 is 5.32 Å². The van der Waals surface area contributed by atoms with Crippen LogP contribution in [0.2, 0.25) is 0 Å². The predicted octanol–water partition coefficient (Wildman–Crippen LogP) is 4.13. The van der Waals surface area contributed by atoms with Crippen LogP contribution in [0.5, 0.6) is 0 Å². The summed E-state index contributed by atoms with van der Waals surface area (Å²) in [4.78, 5) is 41.2. The summed E-state index contributed by atoms with van der Waals surface area (Å²) in [5, 5.41) is 12.7. The summed E-state index contributed by atoms with van der Waals surface area (Å²) >= 11 is 5.75. The number of hydrogen-bond donors (Lipinski definition) is 2. The molecular weight excluding hydrogens is 544 g/mol. The van der Waals surface area contributed by atoms with Gasteiger partial charge in [-0.15, -0.1) is 11.6 Å². The van der Waals surface area contributed by atoms with Gasteiger partial charge in [0.2, 0.25) is 5.91 Å². The van der Waals surface area contributed by atoms with Crippen LogP contribution in [0.15, 0.2) is 102 Å². The highest BCUT2D eigenvalue weighted by atomic mass is 35.5.